The molecule has 0 aliphatic carbocycles. The van der Waals surface area contributed by atoms with Crippen molar-refractivity contribution in [1.29, 1.82) is 0 Å². The molecule has 6 heteroatoms. The van der Waals surface area contributed by atoms with Crippen LogP contribution in [0.1, 0.15) is 24.8 Å². The van der Waals surface area contributed by atoms with E-state index in [-0.39, 0.29) is 11.9 Å². The highest BCUT2D eigenvalue weighted by molar-refractivity contribution is 6.01. The van der Waals surface area contributed by atoms with Crippen LogP contribution >= 0.6 is 0 Å². The first-order valence-electron chi connectivity index (χ1n) is 8.70. The number of carbonyl (C=O) groups excluding carboxylic acids is 2. The average Bonchev–Trinajstić information content (AvgIpc) is 2.64. The molecule has 26 heavy (non-hydrogen) atoms. The molecule has 0 saturated carbocycles. The van der Waals surface area contributed by atoms with Crippen LogP contribution in [-0.2, 0) is 4.79 Å². The molecule has 1 aliphatic rings. The highest BCUT2D eigenvalue weighted by Crippen LogP contribution is 2.33. The fraction of sp³-hybridized carbons (Fsp3) is 0.300. The summed E-state index contributed by atoms with van der Waals surface area (Å²) in [5.74, 6) is 0.667. The molecular weight excluding hydrogens is 330 g/mol. The zero-order chi connectivity index (χ0) is 18.5. The number of aryl methyl sites for hydroxylation is 1. The molecule has 0 bridgehead atoms. The van der Waals surface area contributed by atoms with E-state index in [0.717, 1.165) is 29.8 Å². The number of nitrogens with zero attached hydrogens (tertiary/aromatic N) is 1. The van der Waals surface area contributed by atoms with Gasteiger partial charge in [-0.25, -0.2) is 4.79 Å². The number of urea groups is 1. The van der Waals surface area contributed by atoms with E-state index in [1.165, 1.54) is 0 Å². The van der Waals surface area contributed by atoms with E-state index in [9.17, 15) is 9.59 Å². The Morgan fingerprint density at radius 1 is 1.04 bits per heavy atom. The molecule has 1 saturated heterocycles. The summed E-state index contributed by atoms with van der Waals surface area (Å²) in [4.78, 5) is 26.1. The molecule has 2 aromatic carbocycles. The second-order valence-corrected chi connectivity index (χ2v) is 6.33. The van der Waals surface area contributed by atoms with Gasteiger partial charge in [0.25, 0.3) is 0 Å². The van der Waals surface area contributed by atoms with Crippen molar-refractivity contribution in [2.24, 2.45) is 0 Å². The van der Waals surface area contributed by atoms with Gasteiger partial charge in [0, 0.05) is 30.4 Å². The van der Waals surface area contributed by atoms with Gasteiger partial charge in [-0.2, -0.15) is 0 Å². The molecule has 0 aromatic heterocycles. The molecule has 3 amide bonds. The topological polar surface area (TPSA) is 70.7 Å². The first-order chi connectivity index (χ1) is 12.6. The Hall–Kier alpha value is -3.02. The monoisotopic (exact) mass is 353 g/mol. The lowest BCUT2D eigenvalue weighted by molar-refractivity contribution is -0.119. The number of carbonyl (C=O) groups is 2. The third kappa shape index (κ3) is 4.14. The Bertz CT molecular complexity index is 802. The number of ether oxygens (including phenoxy) is 1. The molecule has 1 aliphatic heterocycles. The van der Waals surface area contributed by atoms with Crippen molar-refractivity contribution in [2.75, 3.05) is 29.2 Å². The van der Waals surface area contributed by atoms with Crippen molar-refractivity contribution in [1.82, 2.24) is 0 Å². The number of nitrogens with one attached hydrogen (secondary N) is 2. The zero-order valence-corrected chi connectivity index (χ0v) is 15.0. The molecule has 0 spiro atoms. The van der Waals surface area contributed by atoms with E-state index in [0.29, 0.717) is 24.4 Å². The van der Waals surface area contributed by atoms with Crippen LogP contribution in [0.5, 0.6) is 5.75 Å². The van der Waals surface area contributed by atoms with Crippen LogP contribution in [0.25, 0.3) is 0 Å². The number of hydrogen-bond donors (Lipinski definition) is 2. The molecule has 1 fully saturated rings. The fourth-order valence-corrected chi connectivity index (χ4v) is 2.97. The summed E-state index contributed by atoms with van der Waals surface area (Å²) in [5.41, 5.74) is 3.18. The summed E-state index contributed by atoms with van der Waals surface area (Å²) in [6, 6.07) is 12.5. The molecule has 0 unspecified atom stereocenters. The zero-order valence-electron chi connectivity index (χ0n) is 15.0. The van der Waals surface area contributed by atoms with Gasteiger partial charge >= 0.3 is 6.03 Å². The quantitative estimate of drug-likeness (QED) is 0.867. The smallest absolute Gasteiger partial charge is 0.323 e. The minimum Gasteiger partial charge on any atom is -0.494 e. The highest BCUT2D eigenvalue weighted by atomic mass is 16.5. The Labute approximate surface area is 153 Å². The van der Waals surface area contributed by atoms with Gasteiger partial charge in [0.05, 0.1) is 12.8 Å². The van der Waals surface area contributed by atoms with Gasteiger partial charge < -0.3 is 20.3 Å². The Morgan fingerprint density at radius 2 is 1.73 bits per heavy atom. The van der Waals surface area contributed by atoms with Gasteiger partial charge in [-0.15, -0.1) is 0 Å². The first-order valence-corrected chi connectivity index (χ1v) is 8.70. The number of benzene rings is 2. The average molecular weight is 353 g/mol. The van der Waals surface area contributed by atoms with Crippen LogP contribution < -0.4 is 20.3 Å². The summed E-state index contributed by atoms with van der Waals surface area (Å²) in [6.07, 6.45) is 2.46. The number of methoxy groups -OCH3 is 1. The minimum absolute atomic E-state index is 0.104. The van der Waals surface area contributed by atoms with Crippen LogP contribution in [0, 0.1) is 6.92 Å². The summed E-state index contributed by atoms with van der Waals surface area (Å²) in [5, 5.41) is 5.57. The Kier molecular flexibility index (Phi) is 5.41. The van der Waals surface area contributed by atoms with Gasteiger partial charge in [-0.1, -0.05) is 17.7 Å². The van der Waals surface area contributed by atoms with E-state index in [1.807, 2.05) is 37.3 Å². The number of anilines is 3. The van der Waals surface area contributed by atoms with E-state index in [1.54, 1.807) is 24.1 Å². The van der Waals surface area contributed by atoms with Crippen molar-refractivity contribution in [3.8, 4) is 5.75 Å². The van der Waals surface area contributed by atoms with E-state index >= 15 is 0 Å². The van der Waals surface area contributed by atoms with Crippen molar-refractivity contribution in [3.05, 3.63) is 48.0 Å². The number of hydrogen-bond acceptors (Lipinski definition) is 3. The van der Waals surface area contributed by atoms with E-state index in [4.69, 9.17) is 4.74 Å². The third-order valence-corrected chi connectivity index (χ3v) is 4.36. The minimum atomic E-state index is -0.335. The van der Waals surface area contributed by atoms with Gasteiger partial charge in [0.2, 0.25) is 5.91 Å². The van der Waals surface area contributed by atoms with Crippen LogP contribution in [0.3, 0.4) is 0 Å². The second kappa shape index (κ2) is 7.91. The summed E-state index contributed by atoms with van der Waals surface area (Å²) in [7, 11) is 1.56. The SMILES string of the molecule is COc1cc(NC(=O)Nc2ccc(C)cc2)ccc1N1CCCCC1=O. The van der Waals surface area contributed by atoms with Crippen molar-refractivity contribution in [3.63, 3.8) is 0 Å². The van der Waals surface area contributed by atoms with Crippen LogP contribution in [0.15, 0.2) is 42.5 Å². The van der Waals surface area contributed by atoms with Gasteiger partial charge in [0.15, 0.2) is 0 Å². The van der Waals surface area contributed by atoms with Crippen molar-refractivity contribution < 1.29 is 14.3 Å². The normalized spacial score (nSPS) is 14.1. The van der Waals surface area contributed by atoms with Crippen LogP contribution in [0.2, 0.25) is 0 Å². The Morgan fingerprint density at radius 3 is 2.42 bits per heavy atom. The first kappa shape index (κ1) is 17.8. The van der Waals surface area contributed by atoms with Gasteiger partial charge in [0.1, 0.15) is 5.75 Å². The molecule has 6 nitrogen and oxygen atoms in total. The fourth-order valence-electron chi connectivity index (χ4n) is 2.97. The number of amides is 3. The van der Waals surface area contributed by atoms with Crippen molar-refractivity contribution >= 4 is 29.0 Å². The van der Waals surface area contributed by atoms with E-state index in [2.05, 4.69) is 10.6 Å². The second-order valence-electron chi connectivity index (χ2n) is 6.33. The van der Waals surface area contributed by atoms with Crippen molar-refractivity contribution in [2.45, 2.75) is 26.2 Å². The summed E-state index contributed by atoms with van der Waals surface area (Å²) in [6.45, 7) is 2.68. The van der Waals surface area contributed by atoms with Crippen LogP contribution in [-0.4, -0.2) is 25.6 Å². The van der Waals surface area contributed by atoms with Crippen LogP contribution in [0.4, 0.5) is 21.9 Å². The predicted octanol–water partition coefficient (Wildman–Crippen LogP) is 4.16. The number of rotatable bonds is 4. The maximum Gasteiger partial charge on any atom is 0.323 e. The lowest BCUT2D eigenvalue weighted by atomic mass is 10.1. The summed E-state index contributed by atoms with van der Waals surface area (Å²) >= 11 is 0. The number of piperidine rings is 1. The molecule has 0 radical (unpaired) electrons. The molecule has 136 valence electrons. The molecular formula is C20H23N3O3. The van der Waals surface area contributed by atoms with Gasteiger partial charge in [-0.3, -0.25) is 4.79 Å². The molecule has 2 aromatic rings. The molecule has 1 heterocycles. The molecule has 2 N–H and O–H groups in total. The molecule has 0 atom stereocenters. The maximum atomic E-state index is 12.2. The third-order valence-electron chi connectivity index (χ3n) is 4.36. The predicted molar refractivity (Wildman–Crippen MR) is 103 cm³/mol. The summed E-state index contributed by atoms with van der Waals surface area (Å²) < 4.78 is 5.43. The lowest BCUT2D eigenvalue weighted by Crippen LogP contribution is -2.35. The van der Waals surface area contributed by atoms with E-state index < -0.39 is 0 Å². The highest BCUT2D eigenvalue weighted by Gasteiger charge is 2.22. The molecule has 3 rings (SSSR count). The lowest BCUT2D eigenvalue weighted by Gasteiger charge is -2.28. The largest absolute Gasteiger partial charge is 0.494 e. The maximum absolute atomic E-state index is 12.2. The standard InChI is InChI=1S/C20H23N3O3/c1-14-6-8-15(9-7-14)21-20(25)22-16-10-11-17(18(13-16)26-2)23-12-4-3-5-19(23)24/h6-11,13H,3-5,12H2,1-2H3,(H2,21,22,25). The van der Waals surface area contributed by atoms with Gasteiger partial charge in [-0.05, 0) is 44.0 Å². The Balaban J connectivity index is 1.71.